The quantitative estimate of drug-likeness (QED) is 0.316. The first kappa shape index (κ1) is 22.6. The largest absolute Gasteiger partial charge is 0.418 e. The zero-order chi connectivity index (χ0) is 22.9. The van der Waals surface area contributed by atoms with Crippen LogP contribution in [0, 0.1) is 0 Å². The average molecular weight is 465 g/mol. The van der Waals surface area contributed by atoms with E-state index in [0.717, 1.165) is 37.7 Å². The summed E-state index contributed by atoms with van der Waals surface area (Å²) in [5, 5.41) is 3.32. The second-order valence-electron chi connectivity index (χ2n) is 8.22. The molecular formula is C18H24BN5O7S. The Hall–Kier alpha value is -2.55. The lowest BCUT2D eigenvalue weighted by atomic mass is 9.84. The Labute approximate surface area is 186 Å². The Morgan fingerprint density at radius 2 is 2.00 bits per heavy atom. The first-order chi connectivity index (χ1) is 15.2. The van der Waals surface area contributed by atoms with Gasteiger partial charge in [-0.15, -0.1) is 4.28 Å². The fourth-order valence-corrected chi connectivity index (χ4v) is 4.98. The van der Waals surface area contributed by atoms with Crippen LogP contribution >= 0.6 is 0 Å². The molecule has 3 aliphatic heterocycles. The zero-order valence-electron chi connectivity index (χ0n) is 17.3. The standard InChI is InChI=1S/C18H24BN5O7S/c25-11-19-22-7-5-12(6-8-22)13-1-4-16(20-9-13)21-17(26)15-3-2-14-10-23(15)18(27)24(14)31-32(28,29)30/h1,4,9,11-12,14-15,19H,2-3,5-8,10H2,(H,20,21,26)(H,28,29,30)/t14-,15+/m1/s1. The van der Waals surface area contributed by atoms with Crippen molar-refractivity contribution in [3.05, 3.63) is 23.9 Å². The Morgan fingerprint density at radius 3 is 2.62 bits per heavy atom. The van der Waals surface area contributed by atoms with Crippen LogP contribution in [0.5, 0.6) is 0 Å². The summed E-state index contributed by atoms with van der Waals surface area (Å²) in [6.07, 6.45) is 5.19. The summed E-state index contributed by atoms with van der Waals surface area (Å²) in [6, 6.07) is 1.51. The molecule has 0 spiro atoms. The highest BCUT2D eigenvalue weighted by Crippen LogP contribution is 2.31. The molecule has 0 aromatic carbocycles. The Morgan fingerprint density at radius 1 is 1.25 bits per heavy atom. The van der Waals surface area contributed by atoms with E-state index in [-0.39, 0.29) is 6.54 Å². The molecule has 3 aliphatic rings. The van der Waals surface area contributed by atoms with Gasteiger partial charge in [0.1, 0.15) is 11.9 Å². The van der Waals surface area contributed by atoms with Gasteiger partial charge in [0.25, 0.3) is 7.41 Å². The molecule has 4 rings (SSSR count). The van der Waals surface area contributed by atoms with Crippen molar-refractivity contribution in [2.24, 2.45) is 0 Å². The van der Waals surface area contributed by atoms with E-state index in [1.807, 2.05) is 6.07 Å². The summed E-state index contributed by atoms with van der Waals surface area (Å²) in [5.74, 6) is 0.284. The van der Waals surface area contributed by atoms with Gasteiger partial charge < -0.3 is 19.8 Å². The summed E-state index contributed by atoms with van der Waals surface area (Å²) in [6.45, 7) is 1.83. The van der Waals surface area contributed by atoms with E-state index in [9.17, 15) is 22.8 Å². The second kappa shape index (κ2) is 9.14. The van der Waals surface area contributed by atoms with Crippen molar-refractivity contribution >= 4 is 41.8 Å². The Kier molecular flexibility index (Phi) is 6.46. The maximum atomic E-state index is 12.8. The molecule has 0 saturated carbocycles. The molecule has 2 bridgehead atoms. The minimum absolute atomic E-state index is 0.127. The fraction of sp³-hybridized carbons (Fsp3) is 0.556. The van der Waals surface area contributed by atoms with Crippen molar-refractivity contribution in [1.29, 1.82) is 0 Å². The van der Waals surface area contributed by atoms with E-state index in [0.29, 0.717) is 37.1 Å². The van der Waals surface area contributed by atoms with Crippen LogP contribution in [0.25, 0.3) is 0 Å². The number of carbonyl (C=O) groups is 3. The minimum atomic E-state index is -4.84. The first-order valence-electron chi connectivity index (χ1n) is 10.4. The lowest BCUT2D eigenvalue weighted by Crippen LogP contribution is -2.47. The topological polar surface area (TPSA) is 149 Å². The predicted octanol–water partition coefficient (Wildman–Crippen LogP) is -0.256. The number of piperidine rings is 2. The summed E-state index contributed by atoms with van der Waals surface area (Å²) in [5.41, 5.74) is 1.07. The lowest BCUT2D eigenvalue weighted by molar-refractivity contribution is -0.120. The Bertz CT molecular complexity index is 984. The molecule has 32 heavy (non-hydrogen) atoms. The normalized spacial score (nSPS) is 24.5. The molecule has 2 atom stereocenters. The van der Waals surface area contributed by atoms with Crippen LogP contribution in [0.15, 0.2) is 18.3 Å². The van der Waals surface area contributed by atoms with Gasteiger partial charge >= 0.3 is 16.4 Å². The zero-order valence-corrected chi connectivity index (χ0v) is 18.1. The summed E-state index contributed by atoms with van der Waals surface area (Å²) in [7, 11) is -4.38. The smallest absolute Gasteiger partial charge is 0.339 e. The van der Waals surface area contributed by atoms with Gasteiger partial charge in [0.15, 0.2) is 0 Å². The predicted molar refractivity (Wildman–Crippen MR) is 114 cm³/mol. The molecule has 4 heterocycles. The SMILES string of the molecule is O=CBN1CCC(c2ccc(NC(=O)[C@@H]3CC[C@@H]4CN3C(=O)N4OS(=O)(=O)O)nc2)CC1. The number of anilines is 1. The van der Waals surface area contributed by atoms with Crippen molar-refractivity contribution < 1.29 is 31.6 Å². The highest BCUT2D eigenvalue weighted by molar-refractivity contribution is 7.80. The molecule has 3 amide bonds. The number of amides is 3. The van der Waals surface area contributed by atoms with E-state index in [4.69, 9.17) is 4.55 Å². The van der Waals surface area contributed by atoms with Gasteiger partial charge in [-0.25, -0.2) is 9.78 Å². The van der Waals surface area contributed by atoms with Crippen LogP contribution < -0.4 is 5.32 Å². The minimum Gasteiger partial charge on any atom is -0.339 e. The van der Waals surface area contributed by atoms with Crippen LogP contribution in [0.4, 0.5) is 10.6 Å². The average Bonchev–Trinajstić information content (AvgIpc) is 2.98. The van der Waals surface area contributed by atoms with E-state index in [2.05, 4.69) is 19.4 Å². The number of nitrogens with one attached hydrogen (secondary N) is 1. The summed E-state index contributed by atoms with van der Waals surface area (Å²) >= 11 is 0. The number of hydroxylamine groups is 2. The number of aromatic nitrogens is 1. The summed E-state index contributed by atoms with van der Waals surface area (Å²) in [4.78, 5) is 43.5. The van der Waals surface area contributed by atoms with E-state index in [1.165, 1.54) is 4.90 Å². The van der Waals surface area contributed by atoms with Crippen molar-refractivity contribution in [3.63, 3.8) is 0 Å². The maximum Gasteiger partial charge on any atom is 0.418 e. The number of urea groups is 1. The second-order valence-corrected chi connectivity index (χ2v) is 9.22. The number of hydrogen-bond acceptors (Lipinski definition) is 8. The van der Waals surface area contributed by atoms with E-state index < -0.39 is 34.4 Å². The molecule has 3 saturated heterocycles. The number of pyridine rings is 1. The van der Waals surface area contributed by atoms with Crippen molar-refractivity contribution in [3.8, 4) is 0 Å². The molecule has 1 aromatic rings. The van der Waals surface area contributed by atoms with Crippen molar-refractivity contribution in [2.75, 3.05) is 25.0 Å². The van der Waals surface area contributed by atoms with Gasteiger partial charge in [-0.3, -0.25) is 9.35 Å². The molecule has 12 nitrogen and oxygen atoms in total. The van der Waals surface area contributed by atoms with Crippen LogP contribution in [0.1, 0.15) is 37.2 Å². The highest BCUT2D eigenvalue weighted by atomic mass is 32.3. The molecule has 3 fully saturated rings. The van der Waals surface area contributed by atoms with Gasteiger partial charge in [0, 0.05) is 12.7 Å². The third-order valence-corrected chi connectivity index (χ3v) is 6.58. The van der Waals surface area contributed by atoms with Gasteiger partial charge in [-0.1, -0.05) is 6.07 Å². The van der Waals surface area contributed by atoms with E-state index >= 15 is 0 Å². The van der Waals surface area contributed by atoms with Crippen LogP contribution in [0.3, 0.4) is 0 Å². The molecule has 0 radical (unpaired) electrons. The molecule has 0 unspecified atom stereocenters. The van der Waals surface area contributed by atoms with Gasteiger partial charge in [-0.05, 0) is 56.3 Å². The number of nitrogens with zero attached hydrogens (tertiary/aromatic N) is 4. The molecule has 2 N–H and O–H groups in total. The van der Waals surface area contributed by atoms with Crippen LogP contribution in [0.2, 0.25) is 0 Å². The third-order valence-electron chi connectivity index (χ3n) is 6.23. The van der Waals surface area contributed by atoms with Gasteiger partial charge in [0.05, 0.1) is 12.2 Å². The highest BCUT2D eigenvalue weighted by Gasteiger charge is 2.49. The first-order valence-corrected chi connectivity index (χ1v) is 11.8. The lowest BCUT2D eigenvalue weighted by Gasteiger charge is -2.30. The molecule has 14 heteroatoms. The van der Waals surface area contributed by atoms with Crippen LogP contribution in [-0.4, -0.2) is 90.0 Å². The monoisotopic (exact) mass is 465 g/mol. The van der Waals surface area contributed by atoms with E-state index in [1.54, 1.807) is 12.3 Å². The molecule has 172 valence electrons. The number of carbonyl (C=O) groups excluding carboxylic acids is 3. The van der Waals surface area contributed by atoms with Gasteiger partial charge in [-0.2, -0.15) is 13.5 Å². The maximum absolute atomic E-state index is 12.8. The molecule has 1 aromatic heterocycles. The molecule has 0 aliphatic carbocycles. The summed E-state index contributed by atoms with van der Waals surface area (Å²) < 4.78 is 35.2. The van der Waals surface area contributed by atoms with Crippen molar-refractivity contribution in [2.45, 2.75) is 43.7 Å². The number of rotatable bonds is 7. The van der Waals surface area contributed by atoms with Crippen molar-refractivity contribution in [1.82, 2.24) is 19.8 Å². The van der Waals surface area contributed by atoms with Gasteiger partial charge in [0.2, 0.25) is 5.91 Å². The fourth-order valence-electron chi connectivity index (χ4n) is 4.59. The Balaban J connectivity index is 1.34. The molecular weight excluding hydrogens is 441 g/mol. The number of fused-ring (bicyclic) bond motifs is 2. The van der Waals surface area contributed by atoms with Crippen LogP contribution in [-0.2, 0) is 24.3 Å². The third kappa shape index (κ3) is 4.93. The number of hydrogen-bond donors (Lipinski definition) is 2.